The second kappa shape index (κ2) is 9.72. The molecule has 0 radical (unpaired) electrons. The molecule has 0 spiro atoms. The number of fused-ring (bicyclic) bond motifs is 1. The number of aromatic nitrogens is 2. The summed E-state index contributed by atoms with van der Waals surface area (Å²) < 4.78 is 21.1. The van der Waals surface area contributed by atoms with Crippen molar-refractivity contribution in [2.45, 2.75) is 39.9 Å². The van der Waals surface area contributed by atoms with Gasteiger partial charge in [0, 0.05) is 50.4 Å². The lowest BCUT2D eigenvalue weighted by Crippen LogP contribution is -2.59. The molecule has 1 aliphatic rings. The Morgan fingerprint density at radius 3 is 2.62 bits per heavy atom. The average Bonchev–Trinajstić information content (AvgIpc) is 3.00. The molecule has 0 bridgehead atoms. The summed E-state index contributed by atoms with van der Waals surface area (Å²) in [6.45, 7) is 9.19. The predicted molar refractivity (Wildman–Crippen MR) is 133 cm³/mol. The van der Waals surface area contributed by atoms with Crippen molar-refractivity contribution in [3.8, 4) is 0 Å². The predicted octanol–water partition coefficient (Wildman–Crippen LogP) is 3.75. The van der Waals surface area contributed by atoms with Gasteiger partial charge in [-0.15, -0.1) is 0 Å². The number of nitrogens with one attached hydrogen (secondary N) is 1. The average molecular weight is 468 g/mol. The first-order chi connectivity index (χ1) is 16.2. The van der Waals surface area contributed by atoms with Crippen LogP contribution in [0.25, 0.3) is 10.9 Å². The molecule has 3 aromatic rings. The highest BCUT2D eigenvalue weighted by molar-refractivity contribution is 6.01. The highest BCUT2D eigenvalue weighted by atomic mass is 19.1. The van der Waals surface area contributed by atoms with Crippen LogP contribution in [0.2, 0.25) is 0 Å². The lowest BCUT2D eigenvalue weighted by Gasteiger charge is -2.42. The highest BCUT2D eigenvalue weighted by Gasteiger charge is 2.33. The number of carbonyl (C=O) groups is 1. The fourth-order valence-electron chi connectivity index (χ4n) is 4.50. The van der Waals surface area contributed by atoms with E-state index < -0.39 is 0 Å². The van der Waals surface area contributed by atoms with E-state index in [2.05, 4.69) is 28.6 Å². The molecule has 34 heavy (non-hydrogen) atoms. The summed E-state index contributed by atoms with van der Waals surface area (Å²) in [6.07, 6.45) is 0. The van der Waals surface area contributed by atoms with E-state index in [0.717, 1.165) is 33.3 Å². The van der Waals surface area contributed by atoms with E-state index in [0.29, 0.717) is 50.3 Å². The number of likely N-dealkylation sites (tertiary alicyclic amines) is 1. The first-order valence-corrected chi connectivity index (χ1v) is 11.6. The number of hydrogen-bond donors (Lipinski definition) is 1. The van der Waals surface area contributed by atoms with Crippen LogP contribution in [-0.2, 0) is 17.8 Å². The van der Waals surface area contributed by atoms with Crippen molar-refractivity contribution >= 4 is 22.6 Å². The van der Waals surface area contributed by atoms with Crippen LogP contribution in [0, 0.1) is 26.6 Å². The summed E-state index contributed by atoms with van der Waals surface area (Å²) in [4.78, 5) is 22.1. The fraction of sp³-hybridized carbons (Fsp3) is 0.462. The third kappa shape index (κ3) is 4.52. The molecule has 0 aliphatic carbocycles. The minimum Gasteiger partial charge on any atom is -0.383 e. The molecule has 1 saturated heterocycles. The second-order valence-corrected chi connectivity index (χ2v) is 9.36. The molecule has 3 heterocycles. The number of benzene rings is 1. The van der Waals surface area contributed by atoms with E-state index >= 15 is 0 Å². The molecule has 7 nitrogen and oxygen atoms in total. The molecule has 2 aromatic heterocycles. The Hall–Kier alpha value is -2.97. The molecule has 182 valence electrons. The molecule has 0 unspecified atom stereocenters. The molecule has 0 atom stereocenters. The van der Waals surface area contributed by atoms with Gasteiger partial charge in [-0.05, 0) is 69.8 Å². The number of pyridine rings is 1. The van der Waals surface area contributed by atoms with Crippen molar-refractivity contribution in [2.75, 3.05) is 46.2 Å². The first kappa shape index (κ1) is 24.2. The Morgan fingerprint density at radius 2 is 1.97 bits per heavy atom. The van der Waals surface area contributed by atoms with E-state index in [1.165, 1.54) is 12.1 Å². The summed E-state index contributed by atoms with van der Waals surface area (Å²) in [5.41, 5.74) is 5.49. The van der Waals surface area contributed by atoms with Gasteiger partial charge in [-0.2, -0.15) is 0 Å². The van der Waals surface area contributed by atoms with Gasteiger partial charge in [-0.3, -0.25) is 4.79 Å². The third-order valence-electron chi connectivity index (χ3n) is 6.98. The van der Waals surface area contributed by atoms with Gasteiger partial charge >= 0.3 is 0 Å². The number of nitrogens with zero attached hydrogens (tertiary/aromatic N) is 4. The van der Waals surface area contributed by atoms with Crippen molar-refractivity contribution in [1.29, 1.82) is 0 Å². The minimum atomic E-state index is -0.250. The van der Waals surface area contributed by atoms with Crippen LogP contribution >= 0.6 is 0 Å². The van der Waals surface area contributed by atoms with Crippen molar-refractivity contribution in [3.63, 3.8) is 0 Å². The van der Waals surface area contributed by atoms with Crippen molar-refractivity contribution in [1.82, 2.24) is 19.4 Å². The lowest BCUT2D eigenvalue weighted by molar-refractivity contribution is 0.0394. The Kier molecular flexibility index (Phi) is 6.91. The second-order valence-electron chi connectivity index (χ2n) is 9.36. The molecular weight excluding hydrogens is 433 g/mol. The van der Waals surface area contributed by atoms with Gasteiger partial charge in [-0.25, -0.2) is 9.37 Å². The zero-order chi connectivity index (χ0) is 24.6. The van der Waals surface area contributed by atoms with Crippen LogP contribution in [-0.4, -0.2) is 72.2 Å². The van der Waals surface area contributed by atoms with Gasteiger partial charge in [0.05, 0.1) is 12.1 Å². The molecule has 4 rings (SSSR count). The van der Waals surface area contributed by atoms with Crippen LogP contribution in [0.3, 0.4) is 0 Å². The topological polar surface area (TPSA) is 62.6 Å². The van der Waals surface area contributed by atoms with Crippen LogP contribution < -0.4 is 5.32 Å². The van der Waals surface area contributed by atoms with Crippen molar-refractivity contribution in [3.05, 3.63) is 58.2 Å². The quantitative estimate of drug-likeness (QED) is 0.547. The molecule has 1 aliphatic heterocycles. The molecule has 1 N–H and O–H groups in total. The Bertz CT molecular complexity index is 1210. The Balaban J connectivity index is 1.73. The Labute approximate surface area is 200 Å². The number of ether oxygens (including phenoxy) is 1. The van der Waals surface area contributed by atoms with Gasteiger partial charge in [0.25, 0.3) is 5.91 Å². The molecule has 1 amide bonds. The van der Waals surface area contributed by atoms with E-state index in [1.54, 1.807) is 13.2 Å². The molecule has 8 heteroatoms. The maximum absolute atomic E-state index is 13.6. The molecule has 1 fully saturated rings. The van der Waals surface area contributed by atoms with Crippen molar-refractivity contribution in [2.24, 2.45) is 0 Å². The van der Waals surface area contributed by atoms with Gasteiger partial charge in [-0.1, -0.05) is 6.07 Å². The largest absolute Gasteiger partial charge is 0.383 e. The number of methoxy groups -OCH3 is 1. The van der Waals surface area contributed by atoms with E-state index in [4.69, 9.17) is 9.72 Å². The van der Waals surface area contributed by atoms with Gasteiger partial charge < -0.3 is 24.4 Å². The smallest absolute Gasteiger partial charge is 0.272 e. The maximum Gasteiger partial charge on any atom is 0.272 e. The monoisotopic (exact) mass is 467 g/mol. The number of rotatable bonds is 8. The standard InChI is InChI=1S/C26H34FN5O2/c1-16-11-20(27)8-7-19(16)13-28-25-24-22(17(2)18(3)32(24)9-10-34-6)12-23(29-25)26(33)31-14-21(15-31)30(4)5/h7-8,11-12,21H,9-10,13-15H2,1-6H3,(H,28,29). The number of anilines is 1. The van der Waals surface area contributed by atoms with Gasteiger partial charge in [0.1, 0.15) is 11.5 Å². The van der Waals surface area contributed by atoms with Gasteiger partial charge in [0.15, 0.2) is 5.82 Å². The molecular formula is C26H34FN5O2. The molecule has 0 saturated carbocycles. The van der Waals surface area contributed by atoms with Crippen LogP contribution in [0.5, 0.6) is 0 Å². The Morgan fingerprint density at radius 1 is 1.24 bits per heavy atom. The summed E-state index contributed by atoms with van der Waals surface area (Å²) in [7, 11) is 5.75. The number of amides is 1. The van der Waals surface area contributed by atoms with Crippen molar-refractivity contribution < 1.29 is 13.9 Å². The van der Waals surface area contributed by atoms with Gasteiger partial charge in [0.2, 0.25) is 0 Å². The molecule has 1 aromatic carbocycles. The SMILES string of the molecule is COCCn1c(C)c(C)c2cc(C(=O)N3CC(N(C)C)C3)nc(NCc3ccc(F)cc3C)c21. The van der Waals surface area contributed by atoms with Crippen LogP contribution in [0.1, 0.15) is 32.9 Å². The van der Waals surface area contributed by atoms with Crippen LogP contribution in [0.4, 0.5) is 10.2 Å². The maximum atomic E-state index is 13.6. The zero-order valence-electron chi connectivity index (χ0n) is 20.9. The summed E-state index contributed by atoms with van der Waals surface area (Å²) in [5.74, 6) is 0.351. The lowest BCUT2D eigenvalue weighted by atomic mass is 10.1. The third-order valence-corrected chi connectivity index (χ3v) is 6.98. The number of likely N-dealkylation sites (N-methyl/N-ethyl adjacent to an activating group) is 1. The number of aryl methyl sites for hydroxylation is 2. The summed E-state index contributed by atoms with van der Waals surface area (Å²) in [6, 6.07) is 7.08. The fourth-order valence-corrected chi connectivity index (χ4v) is 4.50. The van der Waals surface area contributed by atoms with E-state index in [9.17, 15) is 9.18 Å². The van der Waals surface area contributed by atoms with Crippen LogP contribution in [0.15, 0.2) is 24.3 Å². The normalized spacial score (nSPS) is 14.2. The summed E-state index contributed by atoms with van der Waals surface area (Å²) in [5, 5.41) is 4.45. The zero-order valence-corrected chi connectivity index (χ0v) is 20.9. The van der Waals surface area contributed by atoms with E-state index in [1.807, 2.05) is 32.0 Å². The number of hydrogen-bond acceptors (Lipinski definition) is 5. The minimum absolute atomic E-state index is 0.0530. The number of carbonyl (C=O) groups excluding carboxylic acids is 1. The summed E-state index contributed by atoms with van der Waals surface area (Å²) >= 11 is 0. The van der Waals surface area contributed by atoms with E-state index in [-0.39, 0.29) is 11.7 Å². The highest BCUT2D eigenvalue weighted by Crippen LogP contribution is 2.32. The number of halogens is 1. The first-order valence-electron chi connectivity index (χ1n) is 11.6.